The van der Waals surface area contributed by atoms with Crippen LogP contribution in [0.4, 0.5) is 5.69 Å². The van der Waals surface area contributed by atoms with E-state index in [1.54, 1.807) is 17.1 Å². The van der Waals surface area contributed by atoms with Gasteiger partial charge in [-0.15, -0.1) is 0 Å². The van der Waals surface area contributed by atoms with Crippen LogP contribution in [0.5, 0.6) is 0 Å². The smallest absolute Gasteiger partial charge is 0.249 e. The minimum atomic E-state index is -0.368. The molecule has 0 saturated carbocycles. The van der Waals surface area contributed by atoms with E-state index in [9.17, 15) is 4.79 Å². The van der Waals surface area contributed by atoms with Crippen LogP contribution >= 0.6 is 0 Å². The van der Waals surface area contributed by atoms with Gasteiger partial charge in [-0.05, 0) is 31.9 Å². The molecule has 6 nitrogen and oxygen atoms in total. The molecule has 24 heavy (non-hydrogen) atoms. The maximum absolute atomic E-state index is 12.3. The van der Waals surface area contributed by atoms with Crippen molar-refractivity contribution >= 4 is 11.6 Å². The highest BCUT2D eigenvalue weighted by Gasteiger charge is 2.17. The molecule has 0 spiro atoms. The Kier molecular flexibility index (Phi) is 4.74. The number of nitrogens with zero attached hydrogens (tertiary/aromatic N) is 4. The lowest BCUT2D eigenvalue weighted by Crippen LogP contribution is -2.25. The van der Waals surface area contributed by atoms with Crippen molar-refractivity contribution in [2.45, 2.75) is 32.9 Å². The van der Waals surface area contributed by atoms with Gasteiger partial charge in [0.25, 0.3) is 0 Å². The van der Waals surface area contributed by atoms with Crippen LogP contribution in [0.1, 0.15) is 24.2 Å². The van der Waals surface area contributed by atoms with E-state index in [0.29, 0.717) is 5.69 Å². The number of amides is 1. The normalized spacial score (nSPS) is 12.1. The van der Waals surface area contributed by atoms with Crippen LogP contribution in [-0.2, 0) is 17.8 Å². The first-order valence-electron chi connectivity index (χ1n) is 8.01. The molecular formula is C18H21N5O. The van der Waals surface area contributed by atoms with Crippen molar-refractivity contribution in [3.63, 3.8) is 0 Å². The molecule has 3 aromatic rings. The summed E-state index contributed by atoms with van der Waals surface area (Å²) >= 11 is 0. The molecule has 0 radical (unpaired) electrons. The fourth-order valence-electron chi connectivity index (χ4n) is 2.58. The largest absolute Gasteiger partial charge is 0.322 e. The summed E-state index contributed by atoms with van der Waals surface area (Å²) in [5.74, 6) is -0.107. The minimum absolute atomic E-state index is 0.107. The lowest BCUT2D eigenvalue weighted by molar-refractivity contribution is -0.119. The highest BCUT2D eigenvalue weighted by atomic mass is 16.2. The zero-order chi connectivity index (χ0) is 16.9. The second kappa shape index (κ2) is 7.12. The first-order valence-corrected chi connectivity index (χ1v) is 8.01. The molecule has 124 valence electrons. The van der Waals surface area contributed by atoms with Gasteiger partial charge in [0.05, 0.1) is 11.9 Å². The summed E-state index contributed by atoms with van der Waals surface area (Å²) in [4.78, 5) is 12.3. The molecule has 6 heteroatoms. The quantitative estimate of drug-likeness (QED) is 0.758. The first kappa shape index (κ1) is 16.0. The van der Waals surface area contributed by atoms with Crippen molar-refractivity contribution in [2.75, 3.05) is 5.32 Å². The highest BCUT2D eigenvalue weighted by molar-refractivity contribution is 5.93. The van der Waals surface area contributed by atoms with Crippen molar-refractivity contribution in [1.82, 2.24) is 19.6 Å². The average molecular weight is 323 g/mol. The topological polar surface area (TPSA) is 64.7 Å². The van der Waals surface area contributed by atoms with Crippen LogP contribution in [0.3, 0.4) is 0 Å². The van der Waals surface area contributed by atoms with E-state index >= 15 is 0 Å². The second-order valence-electron chi connectivity index (χ2n) is 5.81. The van der Waals surface area contributed by atoms with Crippen molar-refractivity contribution in [3.8, 4) is 0 Å². The van der Waals surface area contributed by atoms with E-state index in [4.69, 9.17) is 0 Å². The Morgan fingerprint density at radius 3 is 2.71 bits per heavy atom. The Morgan fingerprint density at radius 2 is 2.00 bits per heavy atom. The number of rotatable bonds is 6. The van der Waals surface area contributed by atoms with Gasteiger partial charge in [0.15, 0.2) is 0 Å². The SMILES string of the molecule is Cc1ccnn1[C@@H](C)C(=O)Nc1cnn(CCc2ccccc2)c1. The predicted molar refractivity (Wildman–Crippen MR) is 92.7 cm³/mol. The number of anilines is 1. The van der Waals surface area contributed by atoms with Crippen molar-refractivity contribution in [2.24, 2.45) is 0 Å². The predicted octanol–water partition coefficient (Wildman–Crippen LogP) is 2.83. The van der Waals surface area contributed by atoms with E-state index in [1.165, 1.54) is 5.56 Å². The van der Waals surface area contributed by atoms with Crippen molar-refractivity contribution < 1.29 is 4.79 Å². The van der Waals surface area contributed by atoms with E-state index in [2.05, 4.69) is 27.6 Å². The Hall–Kier alpha value is -2.89. The van der Waals surface area contributed by atoms with Gasteiger partial charge >= 0.3 is 0 Å². The van der Waals surface area contributed by atoms with Gasteiger partial charge in [0.1, 0.15) is 6.04 Å². The van der Waals surface area contributed by atoms with Gasteiger partial charge in [-0.25, -0.2) is 0 Å². The molecule has 0 aliphatic heterocycles. The van der Waals surface area contributed by atoms with Gasteiger partial charge in [-0.3, -0.25) is 14.2 Å². The lowest BCUT2D eigenvalue weighted by atomic mass is 10.1. The molecule has 1 atom stereocenters. The number of hydrogen-bond donors (Lipinski definition) is 1. The number of aryl methyl sites for hydroxylation is 3. The standard InChI is InChI=1S/C18H21N5O/c1-14-8-10-19-23(14)15(2)18(24)21-17-12-20-22(13-17)11-9-16-6-4-3-5-7-16/h3-8,10,12-13,15H,9,11H2,1-2H3,(H,21,24)/t15-/m0/s1. The third-order valence-electron chi connectivity index (χ3n) is 3.99. The van der Waals surface area contributed by atoms with Crippen LogP contribution in [0.2, 0.25) is 0 Å². The number of carbonyl (C=O) groups is 1. The summed E-state index contributed by atoms with van der Waals surface area (Å²) in [7, 11) is 0. The summed E-state index contributed by atoms with van der Waals surface area (Å²) < 4.78 is 3.54. The lowest BCUT2D eigenvalue weighted by Gasteiger charge is -2.13. The van der Waals surface area contributed by atoms with Gasteiger partial charge in [0, 0.05) is 24.6 Å². The third-order valence-corrected chi connectivity index (χ3v) is 3.99. The van der Waals surface area contributed by atoms with Crippen LogP contribution in [0, 0.1) is 6.92 Å². The Morgan fingerprint density at radius 1 is 1.21 bits per heavy atom. The third kappa shape index (κ3) is 3.71. The monoisotopic (exact) mass is 323 g/mol. The number of carbonyl (C=O) groups excluding carboxylic acids is 1. The first-order chi connectivity index (χ1) is 11.6. The van der Waals surface area contributed by atoms with E-state index in [0.717, 1.165) is 18.7 Å². The zero-order valence-electron chi connectivity index (χ0n) is 13.9. The maximum atomic E-state index is 12.3. The molecule has 0 aliphatic rings. The summed E-state index contributed by atoms with van der Waals surface area (Å²) in [6.45, 7) is 4.53. The average Bonchev–Trinajstić information content (AvgIpc) is 3.22. The zero-order valence-corrected chi connectivity index (χ0v) is 13.9. The Labute approximate surface area is 141 Å². The number of hydrogen-bond acceptors (Lipinski definition) is 3. The maximum Gasteiger partial charge on any atom is 0.249 e. The molecule has 2 aromatic heterocycles. The fraction of sp³-hybridized carbons (Fsp3) is 0.278. The van der Waals surface area contributed by atoms with Gasteiger partial charge in [0.2, 0.25) is 5.91 Å². The van der Waals surface area contributed by atoms with Gasteiger partial charge < -0.3 is 5.32 Å². The van der Waals surface area contributed by atoms with Crippen LogP contribution in [-0.4, -0.2) is 25.5 Å². The van der Waals surface area contributed by atoms with Crippen molar-refractivity contribution in [1.29, 1.82) is 0 Å². The second-order valence-corrected chi connectivity index (χ2v) is 5.81. The molecule has 0 bridgehead atoms. The number of nitrogens with one attached hydrogen (secondary N) is 1. The summed E-state index contributed by atoms with van der Waals surface area (Å²) in [6.07, 6.45) is 6.12. The van der Waals surface area contributed by atoms with E-state index in [-0.39, 0.29) is 11.9 Å². The summed E-state index contributed by atoms with van der Waals surface area (Å²) in [6, 6.07) is 11.8. The highest BCUT2D eigenvalue weighted by Crippen LogP contribution is 2.13. The molecule has 2 heterocycles. The Bertz CT molecular complexity index is 806. The number of benzene rings is 1. The van der Waals surface area contributed by atoms with Gasteiger partial charge in [-0.1, -0.05) is 30.3 Å². The van der Waals surface area contributed by atoms with Gasteiger partial charge in [-0.2, -0.15) is 10.2 Å². The molecular weight excluding hydrogens is 302 g/mol. The molecule has 1 N–H and O–H groups in total. The minimum Gasteiger partial charge on any atom is -0.322 e. The van der Waals surface area contributed by atoms with E-state index in [1.807, 2.05) is 49.0 Å². The van der Waals surface area contributed by atoms with E-state index < -0.39 is 0 Å². The van der Waals surface area contributed by atoms with Crippen molar-refractivity contribution in [3.05, 3.63) is 66.2 Å². The molecule has 0 saturated heterocycles. The fourth-order valence-corrected chi connectivity index (χ4v) is 2.58. The molecule has 1 aromatic carbocycles. The molecule has 3 rings (SSSR count). The summed E-state index contributed by atoms with van der Waals surface area (Å²) in [5, 5.41) is 11.4. The van der Waals surface area contributed by atoms with Crippen LogP contribution in [0.25, 0.3) is 0 Å². The summed E-state index contributed by atoms with van der Waals surface area (Å²) in [5.41, 5.74) is 2.92. The molecule has 1 amide bonds. The molecule has 0 unspecified atom stereocenters. The Balaban J connectivity index is 1.57. The number of aromatic nitrogens is 4. The van der Waals surface area contributed by atoms with Crippen LogP contribution < -0.4 is 5.32 Å². The van der Waals surface area contributed by atoms with Crippen LogP contribution in [0.15, 0.2) is 55.0 Å². The molecule has 0 aliphatic carbocycles. The molecule has 0 fully saturated rings.